The Labute approximate surface area is 107 Å². The normalized spacial score (nSPS) is 19.1. The zero-order chi connectivity index (χ0) is 12.6. The third-order valence-electron chi connectivity index (χ3n) is 2.89. The monoisotopic (exact) mass is 300 g/mol. The molecule has 0 radical (unpaired) electrons. The number of carbonyl (C=O) groups excluding carboxylic acids is 2. The maximum atomic E-state index is 11.9. The maximum Gasteiger partial charge on any atom is 0.307 e. The molecule has 0 aliphatic carbocycles. The van der Waals surface area contributed by atoms with Crippen LogP contribution in [-0.2, 0) is 9.53 Å². The minimum atomic E-state index is -0.270. The number of ether oxygens (including phenoxy) is 1. The summed E-state index contributed by atoms with van der Waals surface area (Å²) < 4.78 is 7.34. The molecule has 92 valence electrons. The van der Waals surface area contributed by atoms with Gasteiger partial charge in [-0.05, 0) is 22.0 Å². The summed E-state index contributed by atoms with van der Waals surface area (Å²) in [5.74, 6) is -0.301. The van der Waals surface area contributed by atoms with E-state index in [1.807, 2.05) is 10.8 Å². The first-order valence-electron chi connectivity index (χ1n) is 5.22. The minimum Gasteiger partial charge on any atom is -0.469 e. The van der Waals surface area contributed by atoms with Gasteiger partial charge in [0.05, 0.1) is 19.6 Å². The molecule has 1 aliphatic rings. The summed E-state index contributed by atoms with van der Waals surface area (Å²) in [6.07, 6.45) is 2.09. The molecule has 0 bridgehead atoms. The van der Waals surface area contributed by atoms with E-state index >= 15 is 0 Å². The van der Waals surface area contributed by atoms with Crippen molar-refractivity contribution < 1.29 is 14.3 Å². The highest BCUT2D eigenvalue weighted by Gasteiger charge is 2.30. The summed E-state index contributed by atoms with van der Waals surface area (Å²) in [4.78, 5) is 24.9. The second-order valence-electron chi connectivity index (χ2n) is 4.07. The van der Waals surface area contributed by atoms with E-state index in [1.54, 1.807) is 18.0 Å². The molecule has 0 saturated carbocycles. The lowest BCUT2D eigenvalue weighted by atomic mass is 10.1. The second kappa shape index (κ2) is 4.52. The molecular formula is C11H13BrN2O3. The van der Waals surface area contributed by atoms with Crippen molar-refractivity contribution in [3.63, 3.8) is 0 Å². The summed E-state index contributed by atoms with van der Waals surface area (Å²) in [6, 6.07) is 1.70. The molecule has 6 heteroatoms. The number of amides is 1. The SMILES string of the molecule is COC(=O)CC1CN(C)C(=O)c2cc(Br)cn21. The van der Waals surface area contributed by atoms with E-state index in [4.69, 9.17) is 0 Å². The molecule has 0 aromatic carbocycles. The molecule has 0 N–H and O–H groups in total. The van der Waals surface area contributed by atoms with Gasteiger partial charge in [-0.25, -0.2) is 0 Å². The Morgan fingerprint density at radius 2 is 2.35 bits per heavy atom. The molecule has 1 aromatic rings. The van der Waals surface area contributed by atoms with Crippen molar-refractivity contribution in [3.8, 4) is 0 Å². The molecule has 1 atom stereocenters. The van der Waals surface area contributed by atoms with Crippen LogP contribution >= 0.6 is 15.9 Å². The van der Waals surface area contributed by atoms with Crippen LogP contribution in [0.25, 0.3) is 0 Å². The second-order valence-corrected chi connectivity index (χ2v) is 4.99. The molecule has 1 unspecified atom stereocenters. The topological polar surface area (TPSA) is 51.5 Å². The number of nitrogens with zero attached hydrogens (tertiary/aromatic N) is 2. The van der Waals surface area contributed by atoms with Crippen LogP contribution in [0, 0.1) is 0 Å². The van der Waals surface area contributed by atoms with Gasteiger partial charge in [-0.2, -0.15) is 0 Å². The Morgan fingerprint density at radius 1 is 1.65 bits per heavy atom. The van der Waals surface area contributed by atoms with Gasteiger partial charge in [-0.1, -0.05) is 0 Å². The van der Waals surface area contributed by atoms with E-state index in [1.165, 1.54) is 7.11 Å². The molecule has 0 spiro atoms. The maximum absolute atomic E-state index is 11.9. The van der Waals surface area contributed by atoms with Gasteiger partial charge < -0.3 is 14.2 Å². The Hall–Kier alpha value is -1.30. The summed E-state index contributed by atoms with van der Waals surface area (Å²) in [5, 5.41) is 0. The molecule has 1 amide bonds. The van der Waals surface area contributed by atoms with Crippen molar-refractivity contribution in [3.05, 3.63) is 22.4 Å². The van der Waals surface area contributed by atoms with Crippen molar-refractivity contribution in [2.75, 3.05) is 20.7 Å². The summed E-state index contributed by atoms with van der Waals surface area (Å²) in [7, 11) is 3.10. The number of halogens is 1. The van der Waals surface area contributed by atoms with E-state index in [0.29, 0.717) is 12.2 Å². The van der Waals surface area contributed by atoms with Crippen molar-refractivity contribution in [1.82, 2.24) is 9.47 Å². The summed E-state index contributed by atoms with van der Waals surface area (Å²) in [5.41, 5.74) is 0.597. The van der Waals surface area contributed by atoms with E-state index in [-0.39, 0.29) is 24.3 Å². The Morgan fingerprint density at radius 3 is 3.00 bits per heavy atom. The van der Waals surface area contributed by atoms with Crippen LogP contribution in [0.3, 0.4) is 0 Å². The first-order valence-corrected chi connectivity index (χ1v) is 6.02. The molecule has 0 fully saturated rings. The largest absolute Gasteiger partial charge is 0.469 e. The standard InChI is InChI=1S/C11H13BrN2O3/c1-13-6-8(4-10(15)17-2)14-5-7(12)3-9(14)11(13)16/h3,5,8H,4,6H2,1-2H3. The Balaban J connectivity index is 2.33. The number of rotatable bonds is 2. The fourth-order valence-electron chi connectivity index (χ4n) is 2.04. The molecule has 0 saturated heterocycles. The van der Waals surface area contributed by atoms with Crippen LogP contribution in [-0.4, -0.2) is 42.0 Å². The number of methoxy groups -OCH3 is 1. The predicted molar refractivity (Wildman–Crippen MR) is 64.8 cm³/mol. The summed E-state index contributed by atoms with van der Waals surface area (Å²) >= 11 is 3.34. The van der Waals surface area contributed by atoms with Crippen LogP contribution in [0.4, 0.5) is 0 Å². The highest BCUT2D eigenvalue weighted by Crippen LogP contribution is 2.27. The Bertz CT molecular complexity index is 469. The van der Waals surface area contributed by atoms with E-state index in [2.05, 4.69) is 20.7 Å². The number of likely N-dealkylation sites (N-methyl/N-ethyl adjacent to an activating group) is 1. The zero-order valence-corrected chi connectivity index (χ0v) is 11.2. The van der Waals surface area contributed by atoms with E-state index < -0.39 is 0 Å². The molecule has 2 rings (SSSR count). The van der Waals surface area contributed by atoms with Crippen molar-refractivity contribution in [1.29, 1.82) is 0 Å². The van der Waals surface area contributed by atoms with Gasteiger partial charge >= 0.3 is 5.97 Å². The third-order valence-corrected chi connectivity index (χ3v) is 3.32. The molecule has 5 nitrogen and oxygen atoms in total. The summed E-state index contributed by atoms with van der Waals surface area (Å²) in [6.45, 7) is 0.516. The minimum absolute atomic E-state index is 0.0307. The van der Waals surface area contributed by atoms with E-state index in [9.17, 15) is 9.59 Å². The van der Waals surface area contributed by atoms with Gasteiger partial charge in [0, 0.05) is 24.3 Å². The van der Waals surface area contributed by atoms with Gasteiger partial charge in [0.2, 0.25) is 0 Å². The van der Waals surface area contributed by atoms with Crippen molar-refractivity contribution in [2.24, 2.45) is 0 Å². The first-order chi connectivity index (χ1) is 8.02. The third kappa shape index (κ3) is 2.22. The number of carbonyl (C=O) groups is 2. The number of hydrogen-bond donors (Lipinski definition) is 0. The first kappa shape index (κ1) is 12.2. The lowest BCUT2D eigenvalue weighted by Gasteiger charge is -2.31. The highest BCUT2D eigenvalue weighted by molar-refractivity contribution is 9.10. The molecule has 2 heterocycles. The van der Waals surface area contributed by atoms with Crippen LogP contribution < -0.4 is 0 Å². The lowest BCUT2D eigenvalue weighted by molar-refractivity contribution is -0.141. The number of hydrogen-bond acceptors (Lipinski definition) is 3. The van der Waals surface area contributed by atoms with Crippen LogP contribution in [0.15, 0.2) is 16.7 Å². The van der Waals surface area contributed by atoms with Gasteiger partial charge in [0.15, 0.2) is 0 Å². The van der Waals surface area contributed by atoms with Crippen molar-refractivity contribution in [2.45, 2.75) is 12.5 Å². The Kier molecular flexibility index (Phi) is 3.24. The average molecular weight is 301 g/mol. The number of aromatic nitrogens is 1. The molecule has 1 aliphatic heterocycles. The van der Waals surface area contributed by atoms with Gasteiger partial charge in [-0.15, -0.1) is 0 Å². The molecule has 1 aromatic heterocycles. The molecule has 17 heavy (non-hydrogen) atoms. The average Bonchev–Trinajstić information content (AvgIpc) is 2.68. The quantitative estimate of drug-likeness (QED) is 0.777. The van der Waals surface area contributed by atoms with Crippen LogP contribution in [0.5, 0.6) is 0 Å². The van der Waals surface area contributed by atoms with Crippen LogP contribution in [0.2, 0.25) is 0 Å². The number of esters is 1. The number of fused-ring (bicyclic) bond motifs is 1. The predicted octanol–water partition coefficient (Wildman–Crippen LogP) is 1.44. The zero-order valence-electron chi connectivity index (χ0n) is 9.64. The fourth-order valence-corrected chi connectivity index (χ4v) is 2.48. The lowest BCUT2D eigenvalue weighted by Crippen LogP contribution is -2.40. The fraction of sp³-hybridized carbons (Fsp3) is 0.455. The highest BCUT2D eigenvalue weighted by atomic mass is 79.9. The van der Waals surface area contributed by atoms with Crippen molar-refractivity contribution >= 4 is 27.8 Å². The van der Waals surface area contributed by atoms with Gasteiger partial charge in [0.25, 0.3) is 5.91 Å². The van der Waals surface area contributed by atoms with E-state index in [0.717, 1.165) is 4.47 Å². The molecular weight excluding hydrogens is 288 g/mol. The van der Waals surface area contributed by atoms with Crippen LogP contribution in [0.1, 0.15) is 23.0 Å². The van der Waals surface area contributed by atoms with Gasteiger partial charge in [-0.3, -0.25) is 9.59 Å². The van der Waals surface area contributed by atoms with Gasteiger partial charge in [0.1, 0.15) is 5.69 Å². The smallest absolute Gasteiger partial charge is 0.307 e.